The first-order valence-electron chi connectivity index (χ1n) is 4.81. The Morgan fingerprint density at radius 2 is 2.35 bits per heavy atom. The van der Waals surface area contributed by atoms with Gasteiger partial charge in [0.05, 0.1) is 11.1 Å². The van der Waals surface area contributed by atoms with Gasteiger partial charge in [-0.05, 0) is 30.7 Å². The lowest BCUT2D eigenvalue weighted by Gasteiger charge is -2.27. The van der Waals surface area contributed by atoms with Crippen molar-refractivity contribution in [1.82, 2.24) is 9.55 Å². The lowest BCUT2D eigenvalue weighted by molar-refractivity contribution is -0.389. The number of nitro groups is 1. The average Bonchev–Trinajstić information content (AvgIpc) is 2.75. The van der Waals surface area contributed by atoms with Crippen LogP contribution in [0.4, 0.5) is 10.2 Å². The molecule has 0 aliphatic rings. The maximum Gasteiger partial charge on any atom is 0.381 e. The second-order valence-corrected chi connectivity index (χ2v) is 4.18. The van der Waals surface area contributed by atoms with Gasteiger partial charge >= 0.3 is 5.82 Å². The Bertz CT molecular complexity index is 455. The Morgan fingerprint density at radius 1 is 1.76 bits per heavy atom. The van der Waals surface area contributed by atoms with E-state index >= 15 is 0 Å². The lowest BCUT2D eigenvalue weighted by atomic mass is 9.87. The molecule has 94 valence electrons. The second kappa shape index (κ2) is 4.48. The summed E-state index contributed by atoms with van der Waals surface area (Å²) < 4.78 is 15.1. The van der Waals surface area contributed by atoms with Gasteiger partial charge in [0.2, 0.25) is 6.33 Å². The van der Waals surface area contributed by atoms with Crippen LogP contribution < -0.4 is 0 Å². The van der Waals surface area contributed by atoms with Gasteiger partial charge in [-0.25, -0.2) is 4.39 Å². The van der Waals surface area contributed by atoms with Gasteiger partial charge in [0.15, 0.2) is 6.30 Å². The minimum Gasteiger partial charge on any atom is -0.411 e. The summed E-state index contributed by atoms with van der Waals surface area (Å²) in [6, 6.07) is 0. The molecular weight excluding hydrogens is 231 g/mol. The molecule has 17 heavy (non-hydrogen) atoms. The number of nitrogens with zero attached hydrogens (tertiary/aromatic N) is 4. The van der Waals surface area contributed by atoms with Crippen molar-refractivity contribution in [2.24, 2.45) is 10.6 Å². The Kier molecular flexibility index (Phi) is 3.45. The Labute approximate surface area is 96.7 Å². The van der Waals surface area contributed by atoms with E-state index in [1.807, 2.05) is 0 Å². The quantitative estimate of drug-likeness (QED) is 0.380. The van der Waals surface area contributed by atoms with Crippen molar-refractivity contribution in [2.75, 3.05) is 0 Å². The zero-order valence-corrected chi connectivity index (χ0v) is 9.66. The zero-order valence-electron chi connectivity index (χ0n) is 9.66. The van der Waals surface area contributed by atoms with E-state index in [4.69, 9.17) is 5.21 Å². The average molecular weight is 244 g/mol. The molecule has 1 heterocycles. The molecule has 0 bridgehead atoms. The summed E-state index contributed by atoms with van der Waals surface area (Å²) in [5.74, 6) is -0.429. The maximum absolute atomic E-state index is 14.1. The minimum absolute atomic E-state index is 0.182. The molecule has 7 nitrogen and oxygen atoms in total. The molecule has 0 spiro atoms. The first-order chi connectivity index (χ1) is 7.80. The standard InChI is InChI=1S/C9H13FN4O3/c1-6(12-15)9(2,3)8(10)13-4-7(11-5-13)14(16)17/h4-5,8,15H,1-3H3. The summed E-state index contributed by atoms with van der Waals surface area (Å²) in [4.78, 5) is 13.2. The van der Waals surface area contributed by atoms with Crippen LogP contribution in [0.5, 0.6) is 0 Å². The third-order valence-electron chi connectivity index (χ3n) is 2.71. The molecule has 1 unspecified atom stereocenters. The van der Waals surface area contributed by atoms with Crippen LogP contribution in [0.3, 0.4) is 0 Å². The van der Waals surface area contributed by atoms with Crippen molar-refractivity contribution in [3.05, 3.63) is 22.6 Å². The van der Waals surface area contributed by atoms with Crippen molar-refractivity contribution in [3.8, 4) is 0 Å². The maximum atomic E-state index is 14.1. The number of alkyl halides is 1. The molecule has 0 aromatic carbocycles. The lowest BCUT2D eigenvalue weighted by Crippen LogP contribution is -2.30. The fourth-order valence-electron chi connectivity index (χ4n) is 1.22. The summed E-state index contributed by atoms with van der Waals surface area (Å²) in [6.45, 7) is 4.52. The van der Waals surface area contributed by atoms with E-state index in [1.54, 1.807) is 0 Å². The third kappa shape index (κ3) is 2.40. The van der Waals surface area contributed by atoms with E-state index < -0.39 is 22.5 Å². The molecule has 1 atom stereocenters. The molecule has 1 rings (SSSR count). The number of aromatic nitrogens is 2. The monoisotopic (exact) mass is 244 g/mol. The molecule has 8 heteroatoms. The van der Waals surface area contributed by atoms with Crippen LogP contribution in [-0.2, 0) is 0 Å². The van der Waals surface area contributed by atoms with Crippen molar-refractivity contribution in [3.63, 3.8) is 0 Å². The highest BCUT2D eigenvalue weighted by Crippen LogP contribution is 2.34. The first kappa shape index (κ1) is 13.1. The van der Waals surface area contributed by atoms with Gasteiger partial charge in [-0.1, -0.05) is 5.16 Å². The topological polar surface area (TPSA) is 93.6 Å². The fourth-order valence-corrected chi connectivity index (χ4v) is 1.22. The number of hydrogen-bond donors (Lipinski definition) is 1. The Hall–Kier alpha value is -1.99. The van der Waals surface area contributed by atoms with E-state index in [0.29, 0.717) is 0 Å². The normalized spacial score (nSPS) is 14.7. The SMILES string of the molecule is CC(=NO)C(C)(C)C(F)n1cnc([N+](=O)[O-])c1. The van der Waals surface area contributed by atoms with Crippen LogP contribution in [0.2, 0.25) is 0 Å². The van der Waals surface area contributed by atoms with Crippen LogP contribution >= 0.6 is 0 Å². The van der Waals surface area contributed by atoms with Crippen molar-refractivity contribution >= 4 is 11.5 Å². The molecule has 0 amide bonds. The smallest absolute Gasteiger partial charge is 0.381 e. The highest BCUT2D eigenvalue weighted by Gasteiger charge is 2.35. The summed E-state index contributed by atoms with van der Waals surface area (Å²) in [5, 5.41) is 22.0. The first-order valence-corrected chi connectivity index (χ1v) is 4.81. The number of hydrogen-bond acceptors (Lipinski definition) is 5. The van der Waals surface area contributed by atoms with Gasteiger partial charge in [-0.15, -0.1) is 0 Å². The highest BCUT2D eigenvalue weighted by atomic mass is 19.1. The molecule has 0 saturated carbocycles. The number of halogens is 1. The van der Waals surface area contributed by atoms with Gasteiger partial charge in [0.1, 0.15) is 6.20 Å². The van der Waals surface area contributed by atoms with Crippen LogP contribution in [0.25, 0.3) is 0 Å². The summed E-state index contributed by atoms with van der Waals surface area (Å²) >= 11 is 0. The molecule has 0 saturated heterocycles. The highest BCUT2D eigenvalue weighted by molar-refractivity contribution is 5.87. The molecule has 0 fully saturated rings. The molecular formula is C9H13FN4O3. The van der Waals surface area contributed by atoms with Crippen LogP contribution in [0.15, 0.2) is 17.7 Å². The number of oxime groups is 1. The van der Waals surface area contributed by atoms with Gasteiger partial charge in [-0.2, -0.15) is 0 Å². The summed E-state index contributed by atoms with van der Waals surface area (Å²) in [6.07, 6.45) is 0.423. The van der Waals surface area contributed by atoms with Crippen molar-refractivity contribution in [1.29, 1.82) is 0 Å². The molecule has 1 aromatic heterocycles. The van der Waals surface area contributed by atoms with Gasteiger partial charge in [0, 0.05) is 0 Å². The van der Waals surface area contributed by atoms with Crippen LogP contribution in [0, 0.1) is 15.5 Å². The summed E-state index contributed by atoms with van der Waals surface area (Å²) in [5.41, 5.74) is -0.912. The van der Waals surface area contributed by atoms with Gasteiger partial charge in [-0.3, -0.25) is 4.57 Å². The van der Waals surface area contributed by atoms with Crippen LogP contribution in [-0.4, -0.2) is 25.4 Å². The van der Waals surface area contributed by atoms with E-state index in [0.717, 1.165) is 17.1 Å². The number of imidazole rings is 1. The van der Waals surface area contributed by atoms with Crippen molar-refractivity contribution in [2.45, 2.75) is 27.1 Å². The predicted octanol–water partition coefficient (Wildman–Crippen LogP) is 2.14. The van der Waals surface area contributed by atoms with E-state index in [-0.39, 0.29) is 5.71 Å². The largest absolute Gasteiger partial charge is 0.411 e. The van der Waals surface area contributed by atoms with Gasteiger partial charge < -0.3 is 15.3 Å². The predicted molar refractivity (Wildman–Crippen MR) is 57.7 cm³/mol. The zero-order chi connectivity index (χ0) is 13.2. The molecule has 0 aliphatic heterocycles. The number of rotatable bonds is 4. The van der Waals surface area contributed by atoms with Crippen molar-refractivity contribution < 1.29 is 14.5 Å². The van der Waals surface area contributed by atoms with Gasteiger partial charge in [0.25, 0.3) is 0 Å². The van der Waals surface area contributed by atoms with E-state index in [1.165, 1.54) is 20.8 Å². The minimum atomic E-state index is -1.61. The van der Waals surface area contributed by atoms with E-state index in [2.05, 4.69) is 10.1 Å². The molecule has 1 N–H and O–H groups in total. The molecule has 1 aromatic rings. The third-order valence-corrected chi connectivity index (χ3v) is 2.71. The molecule has 0 radical (unpaired) electrons. The Morgan fingerprint density at radius 3 is 2.76 bits per heavy atom. The van der Waals surface area contributed by atoms with E-state index in [9.17, 15) is 14.5 Å². The fraction of sp³-hybridized carbons (Fsp3) is 0.556. The van der Waals surface area contributed by atoms with Crippen LogP contribution in [0.1, 0.15) is 27.1 Å². The summed E-state index contributed by atoms with van der Waals surface area (Å²) in [7, 11) is 0. The molecule has 0 aliphatic carbocycles. The second-order valence-electron chi connectivity index (χ2n) is 4.18. The Balaban J connectivity index is 3.03.